The second kappa shape index (κ2) is 9.15. The maximum atomic E-state index is 11.7. The zero-order valence-electron chi connectivity index (χ0n) is 15.5. The van der Waals surface area contributed by atoms with Crippen molar-refractivity contribution in [1.82, 2.24) is 9.44 Å². The Bertz CT molecular complexity index is 549. The summed E-state index contributed by atoms with van der Waals surface area (Å²) in [4.78, 5) is 0. The summed E-state index contributed by atoms with van der Waals surface area (Å²) in [6.07, 6.45) is 9.35. The van der Waals surface area contributed by atoms with Crippen LogP contribution in [0, 0.1) is 11.8 Å². The van der Waals surface area contributed by atoms with Gasteiger partial charge in [0.05, 0.1) is 11.5 Å². The third-order valence-corrected chi connectivity index (χ3v) is 8.72. The smallest absolute Gasteiger partial charge is 0.211 e. The fraction of sp³-hybridized carbons (Fsp3) is 1.00. The van der Waals surface area contributed by atoms with Crippen LogP contribution in [0.2, 0.25) is 0 Å². The van der Waals surface area contributed by atoms with Gasteiger partial charge in [-0.25, -0.2) is 26.3 Å². The first-order chi connectivity index (χ1) is 11.7. The minimum Gasteiger partial charge on any atom is -0.212 e. The van der Waals surface area contributed by atoms with Crippen LogP contribution in [0.1, 0.15) is 71.6 Å². The summed E-state index contributed by atoms with van der Waals surface area (Å²) in [5.74, 6) is 1.68. The zero-order chi connectivity index (χ0) is 18.5. The van der Waals surface area contributed by atoms with Crippen LogP contribution in [0.15, 0.2) is 0 Å². The molecule has 0 aliphatic heterocycles. The van der Waals surface area contributed by atoms with Gasteiger partial charge in [0.1, 0.15) is 0 Å². The summed E-state index contributed by atoms with van der Waals surface area (Å²) in [6.45, 7) is 3.34. The molecule has 0 saturated heterocycles. The van der Waals surface area contributed by atoms with E-state index in [-0.39, 0.29) is 23.6 Å². The second-order valence-electron chi connectivity index (χ2n) is 7.71. The normalized spacial score (nSPS) is 31.8. The van der Waals surface area contributed by atoms with Crippen molar-refractivity contribution in [3.8, 4) is 0 Å². The average molecular weight is 395 g/mol. The highest BCUT2D eigenvalue weighted by Crippen LogP contribution is 2.35. The highest BCUT2D eigenvalue weighted by Gasteiger charge is 2.29. The van der Waals surface area contributed by atoms with Crippen LogP contribution in [-0.2, 0) is 20.0 Å². The summed E-state index contributed by atoms with van der Waals surface area (Å²) in [6, 6.07) is 0.223. The molecule has 6 nitrogen and oxygen atoms in total. The van der Waals surface area contributed by atoms with E-state index in [0.29, 0.717) is 11.8 Å². The molecule has 0 bridgehead atoms. The SMILES string of the molecule is CCS(=O)(=O)NC1CCC(CC2CCC(NS(=O)(=O)CC)CC2)CC1. The van der Waals surface area contributed by atoms with E-state index in [1.807, 2.05) is 0 Å². The molecule has 0 aromatic heterocycles. The highest BCUT2D eigenvalue weighted by atomic mass is 32.2. The van der Waals surface area contributed by atoms with Crippen LogP contribution in [0.25, 0.3) is 0 Å². The van der Waals surface area contributed by atoms with Crippen LogP contribution in [-0.4, -0.2) is 40.4 Å². The molecule has 8 heteroatoms. The number of hydrogen-bond acceptors (Lipinski definition) is 4. The minimum absolute atomic E-state index is 0.111. The van der Waals surface area contributed by atoms with E-state index in [0.717, 1.165) is 51.4 Å². The van der Waals surface area contributed by atoms with Crippen molar-refractivity contribution in [2.45, 2.75) is 83.7 Å². The van der Waals surface area contributed by atoms with Gasteiger partial charge in [0, 0.05) is 12.1 Å². The van der Waals surface area contributed by atoms with Gasteiger partial charge in [-0.1, -0.05) is 0 Å². The van der Waals surface area contributed by atoms with Gasteiger partial charge in [-0.3, -0.25) is 0 Å². The standard InChI is InChI=1S/C17H34N2O4S2/c1-3-24(20,21)18-16-9-5-14(6-10-16)13-15-7-11-17(12-8-15)19-25(22,23)4-2/h14-19H,3-13H2,1-2H3. The molecule has 0 aromatic rings. The van der Waals surface area contributed by atoms with Crippen molar-refractivity contribution in [2.24, 2.45) is 11.8 Å². The molecule has 0 aromatic carbocycles. The number of rotatable bonds is 8. The van der Waals surface area contributed by atoms with E-state index in [1.165, 1.54) is 6.42 Å². The molecule has 2 aliphatic carbocycles. The Labute approximate surface area is 153 Å². The first-order valence-corrected chi connectivity index (χ1v) is 13.0. The summed E-state index contributed by atoms with van der Waals surface area (Å²) < 4.78 is 52.2. The minimum atomic E-state index is -3.09. The Kier molecular flexibility index (Phi) is 7.73. The van der Waals surface area contributed by atoms with Gasteiger partial charge >= 0.3 is 0 Å². The summed E-state index contributed by atoms with van der Waals surface area (Å²) in [7, 11) is -6.19. The number of sulfonamides is 2. The Morgan fingerprint density at radius 3 is 1.24 bits per heavy atom. The lowest BCUT2D eigenvalue weighted by Gasteiger charge is -2.34. The fourth-order valence-electron chi connectivity index (χ4n) is 4.18. The first kappa shape index (κ1) is 21.1. The first-order valence-electron chi connectivity index (χ1n) is 9.73. The summed E-state index contributed by atoms with van der Waals surface area (Å²) in [5, 5.41) is 0. The van der Waals surface area contributed by atoms with E-state index in [2.05, 4.69) is 9.44 Å². The van der Waals surface area contributed by atoms with Gasteiger partial charge in [0.25, 0.3) is 0 Å². The fourth-order valence-corrected chi connectivity index (χ4v) is 6.00. The molecule has 0 radical (unpaired) electrons. The maximum absolute atomic E-state index is 11.7. The van der Waals surface area contributed by atoms with Gasteiger partial charge in [-0.15, -0.1) is 0 Å². The van der Waals surface area contributed by atoms with Gasteiger partial charge in [0.2, 0.25) is 20.0 Å². The largest absolute Gasteiger partial charge is 0.212 e. The molecule has 25 heavy (non-hydrogen) atoms. The topological polar surface area (TPSA) is 92.3 Å². The number of nitrogens with one attached hydrogen (secondary N) is 2. The lowest BCUT2D eigenvalue weighted by molar-refractivity contribution is 0.218. The van der Waals surface area contributed by atoms with Crippen molar-refractivity contribution in [3.05, 3.63) is 0 Å². The Morgan fingerprint density at radius 1 is 0.640 bits per heavy atom. The highest BCUT2D eigenvalue weighted by molar-refractivity contribution is 7.89. The van der Waals surface area contributed by atoms with Crippen molar-refractivity contribution in [2.75, 3.05) is 11.5 Å². The molecule has 2 rings (SSSR count). The third-order valence-electron chi connectivity index (χ3n) is 5.81. The van der Waals surface area contributed by atoms with Crippen molar-refractivity contribution < 1.29 is 16.8 Å². The van der Waals surface area contributed by atoms with Crippen LogP contribution < -0.4 is 9.44 Å². The van der Waals surface area contributed by atoms with Crippen molar-refractivity contribution in [1.29, 1.82) is 0 Å². The quantitative estimate of drug-likeness (QED) is 0.661. The van der Waals surface area contributed by atoms with Crippen LogP contribution in [0.3, 0.4) is 0 Å². The van der Waals surface area contributed by atoms with Gasteiger partial charge < -0.3 is 0 Å². The second-order valence-corrected chi connectivity index (χ2v) is 11.8. The molecule has 0 spiro atoms. The molecule has 148 valence electrons. The molecule has 0 heterocycles. The molecule has 2 saturated carbocycles. The van der Waals surface area contributed by atoms with Crippen molar-refractivity contribution >= 4 is 20.0 Å². The van der Waals surface area contributed by atoms with E-state index in [4.69, 9.17) is 0 Å². The van der Waals surface area contributed by atoms with Gasteiger partial charge in [-0.2, -0.15) is 0 Å². The molecular weight excluding hydrogens is 360 g/mol. The third kappa shape index (κ3) is 7.15. The van der Waals surface area contributed by atoms with Crippen LogP contribution in [0.5, 0.6) is 0 Å². The predicted molar refractivity (Wildman–Crippen MR) is 101 cm³/mol. The molecule has 0 atom stereocenters. The lowest BCUT2D eigenvalue weighted by atomic mass is 9.76. The predicted octanol–water partition coefficient (Wildman–Crippen LogP) is 2.37. The van der Waals surface area contributed by atoms with Gasteiger partial charge in [-0.05, 0) is 83.5 Å². The molecule has 2 aliphatic rings. The average Bonchev–Trinajstić information content (AvgIpc) is 2.58. The Balaban J connectivity index is 1.68. The summed E-state index contributed by atoms with van der Waals surface area (Å²) >= 11 is 0. The van der Waals surface area contributed by atoms with E-state index < -0.39 is 20.0 Å². The van der Waals surface area contributed by atoms with Gasteiger partial charge in [0.15, 0.2) is 0 Å². The molecule has 2 N–H and O–H groups in total. The Hall–Kier alpha value is -0.180. The zero-order valence-corrected chi connectivity index (χ0v) is 17.2. The molecular formula is C17H34N2O4S2. The lowest BCUT2D eigenvalue weighted by Crippen LogP contribution is -2.39. The monoisotopic (exact) mass is 394 g/mol. The Morgan fingerprint density at radius 2 is 0.960 bits per heavy atom. The molecule has 0 amide bonds. The van der Waals surface area contributed by atoms with Crippen LogP contribution >= 0.6 is 0 Å². The van der Waals surface area contributed by atoms with E-state index in [1.54, 1.807) is 13.8 Å². The van der Waals surface area contributed by atoms with E-state index in [9.17, 15) is 16.8 Å². The summed E-state index contributed by atoms with van der Waals surface area (Å²) in [5.41, 5.74) is 0. The van der Waals surface area contributed by atoms with E-state index >= 15 is 0 Å². The van der Waals surface area contributed by atoms with Crippen molar-refractivity contribution in [3.63, 3.8) is 0 Å². The van der Waals surface area contributed by atoms with Crippen LogP contribution in [0.4, 0.5) is 0 Å². The molecule has 2 fully saturated rings. The number of hydrogen-bond donors (Lipinski definition) is 2. The maximum Gasteiger partial charge on any atom is 0.211 e. The molecule has 0 unspecified atom stereocenters.